The lowest BCUT2D eigenvalue weighted by molar-refractivity contribution is 0.114. The van der Waals surface area contributed by atoms with E-state index in [0.29, 0.717) is 11.2 Å². The Morgan fingerprint density at radius 2 is 2.33 bits per heavy atom. The number of hydrogen-bond acceptors (Lipinski definition) is 3. The Morgan fingerprint density at radius 3 is 3.06 bits per heavy atom. The van der Waals surface area contributed by atoms with Gasteiger partial charge in [0.15, 0.2) is 5.11 Å². The van der Waals surface area contributed by atoms with E-state index in [1.54, 1.807) is 0 Å². The average molecular weight is 269 g/mol. The van der Waals surface area contributed by atoms with Crippen molar-refractivity contribution in [1.29, 1.82) is 0 Å². The zero-order valence-corrected chi connectivity index (χ0v) is 11.9. The molecule has 18 heavy (non-hydrogen) atoms. The van der Waals surface area contributed by atoms with E-state index in [-0.39, 0.29) is 0 Å². The standard InChI is InChI=1S/C13H23N3OS/c1-10-4-2-5-11(8-10)15-16-13(18)14-9-12-6-3-7-17-12/h10,12H,2-9H2,1H3,(H2,14,16,18)/b15-11+/t10-,12+/m0/s1. The molecule has 0 aromatic rings. The Labute approximate surface area is 115 Å². The lowest BCUT2D eigenvalue weighted by atomic mass is 9.89. The van der Waals surface area contributed by atoms with Crippen LogP contribution in [0.3, 0.4) is 0 Å². The maximum absolute atomic E-state index is 5.53. The smallest absolute Gasteiger partial charge is 0.187 e. The molecule has 1 aliphatic heterocycles. The number of nitrogens with one attached hydrogen (secondary N) is 2. The molecule has 2 aliphatic rings. The third kappa shape index (κ3) is 4.53. The topological polar surface area (TPSA) is 45.7 Å². The number of hydrazone groups is 1. The minimum atomic E-state index is 0.312. The van der Waals surface area contributed by atoms with Crippen molar-refractivity contribution in [2.45, 2.75) is 51.6 Å². The van der Waals surface area contributed by atoms with Gasteiger partial charge in [0.2, 0.25) is 0 Å². The highest BCUT2D eigenvalue weighted by Crippen LogP contribution is 2.20. The number of thiocarbonyl (C=S) groups is 1. The second kappa shape index (κ2) is 7.04. The SMILES string of the molecule is C[C@H]1CCC/C(=N\NC(=S)NC[C@H]2CCCO2)C1. The molecule has 5 heteroatoms. The fraction of sp³-hybridized carbons (Fsp3) is 0.846. The van der Waals surface area contributed by atoms with Crippen LogP contribution >= 0.6 is 12.2 Å². The summed E-state index contributed by atoms with van der Waals surface area (Å²) in [7, 11) is 0. The lowest BCUT2D eigenvalue weighted by Crippen LogP contribution is -2.37. The first-order chi connectivity index (χ1) is 8.74. The summed E-state index contributed by atoms with van der Waals surface area (Å²) in [6.45, 7) is 3.95. The van der Waals surface area contributed by atoms with Crippen molar-refractivity contribution in [2.24, 2.45) is 11.0 Å². The van der Waals surface area contributed by atoms with Crippen LogP contribution in [0.1, 0.15) is 45.4 Å². The fourth-order valence-electron chi connectivity index (χ4n) is 2.54. The van der Waals surface area contributed by atoms with Crippen LogP contribution in [0.5, 0.6) is 0 Å². The van der Waals surface area contributed by atoms with Crippen LogP contribution in [0.15, 0.2) is 5.10 Å². The highest BCUT2D eigenvalue weighted by Gasteiger charge is 2.16. The van der Waals surface area contributed by atoms with Crippen molar-refractivity contribution in [1.82, 2.24) is 10.7 Å². The average Bonchev–Trinajstić information content (AvgIpc) is 2.87. The molecule has 0 radical (unpaired) electrons. The van der Waals surface area contributed by atoms with E-state index in [4.69, 9.17) is 17.0 Å². The van der Waals surface area contributed by atoms with E-state index in [1.165, 1.54) is 18.6 Å². The first kappa shape index (κ1) is 13.7. The van der Waals surface area contributed by atoms with Crippen LogP contribution in [-0.4, -0.2) is 30.1 Å². The Bertz CT molecular complexity index is 313. The molecule has 1 aliphatic carbocycles. The molecule has 1 saturated heterocycles. The normalized spacial score (nSPS) is 30.4. The quantitative estimate of drug-likeness (QED) is 0.609. The monoisotopic (exact) mass is 269 g/mol. The van der Waals surface area contributed by atoms with E-state index in [1.807, 2.05) is 0 Å². The van der Waals surface area contributed by atoms with Crippen molar-refractivity contribution in [3.63, 3.8) is 0 Å². The Kier molecular flexibility index (Phi) is 5.38. The predicted molar refractivity (Wildman–Crippen MR) is 77.8 cm³/mol. The molecule has 0 aromatic heterocycles. The van der Waals surface area contributed by atoms with Crippen molar-refractivity contribution in [3.05, 3.63) is 0 Å². The summed E-state index contributed by atoms with van der Waals surface area (Å²) in [5, 5.41) is 8.17. The Morgan fingerprint density at radius 1 is 1.44 bits per heavy atom. The molecule has 1 saturated carbocycles. The second-order valence-electron chi connectivity index (χ2n) is 5.34. The Balaban J connectivity index is 1.65. The van der Waals surface area contributed by atoms with Gasteiger partial charge >= 0.3 is 0 Å². The van der Waals surface area contributed by atoms with Crippen molar-refractivity contribution in [3.8, 4) is 0 Å². The maximum Gasteiger partial charge on any atom is 0.187 e. The molecular weight excluding hydrogens is 246 g/mol. The van der Waals surface area contributed by atoms with Gasteiger partial charge in [-0.1, -0.05) is 6.92 Å². The molecular formula is C13H23N3OS. The summed E-state index contributed by atoms with van der Waals surface area (Å²) in [6, 6.07) is 0. The number of nitrogens with zero attached hydrogens (tertiary/aromatic N) is 1. The van der Waals surface area contributed by atoms with E-state index in [9.17, 15) is 0 Å². The lowest BCUT2D eigenvalue weighted by Gasteiger charge is -2.19. The van der Waals surface area contributed by atoms with Crippen molar-refractivity contribution >= 4 is 23.0 Å². The van der Waals surface area contributed by atoms with Gasteiger partial charge in [0.25, 0.3) is 0 Å². The van der Waals surface area contributed by atoms with Gasteiger partial charge in [-0.25, -0.2) is 0 Å². The summed E-state index contributed by atoms with van der Waals surface area (Å²) < 4.78 is 5.53. The zero-order valence-electron chi connectivity index (χ0n) is 11.1. The zero-order chi connectivity index (χ0) is 12.8. The van der Waals surface area contributed by atoms with E-state index in [0.717, 1.165) is 44.8 Å². The van der Waals surface area contributed by atoms with Crippen molar-refractivity contribution < 1.29 is 4.74 Å². The molecule has 0 aromatic carbocycles. The van der Waals surface area contributed by atoms with Gasteiger partial charge in [-0.2, -0.15) is 5.10 Å². The molecule has 0 amide bonds. The summed E-state index contributed by atoms with van der Waals surface area (Å²) in [4.78, 5) is 0. The highest BCUT2D eigenvalue weighted by molar-refractivity contribution is 7.80. The summed E-state index contributed by atoms with van der Waals surface area (Å²) in [5.74, 6) is 0.757. The molecule has 102 valence electrons. The summed E-state index contributed by atoms with van der Waals surface area (Å²) in [5.41, 5.74) is 4.19. The largest absolute Gasteiger partial charge is 0.376 e. The van der Waals surface area contributed by atoms with Gasteiger partial charge in [0.05, 0.1) is 6.10 Å². The minimum Gasteiger partial charge on any atom is -0.376 e. The molecule has 1 heterocycles. The van der Waals surface area contributed by atoms with Gasteiger partial charge in [-0.05, 0) is 56.7 Å². The van der Waals surface area contributed by atoms with E-state index < -0.39 is 0 Å². The van der Waals surface area contributed by atoms with Gasteiger partial charge in [0, 0.05) is 18.9 Å². The Hall–Kier alpha value is -0.680. The van der Waals surface area contributed by atoms with E-state index in [2.05, 4.69) is 22.8 Å². The molecule has 4 nitrogen and oxygen atoms in total. The van der Waals surface area contributed by atoms with Gasteiger partial charge in [0.1, 0.15) is 0 Å². The van der Waals surface area contributed by atoms with Crippen LogP contribution in [-0.2, 0) is 4.74 Å². The molecule has 2 N–H and O–H groups in total. The van der Waals surface area contributed by atoms with Crippen molar-refractivity contribution in [2.75, 3.05) is 13.2 Å². The molecule has 2 fully saturated rings. The number of hydrogen-bond donors (Lipinski definition) is 2. The van der Waals surface area contributed by atoms with Crippen LogP contribution in [0.25, 0.3) is 0 Å². The highest BCUT2D eigenvalue weighted by atomic mass is 32.1. The first-order valence-corrected chi connectivity index (χ1v) is 7.35. The summed E-state index contributed by atoms with van der Waals surface area (Å²) in [6.07, 6.45) is 7.37. The van der Waals surface area contributed by atoms with Crippen LogP contribution < -0.4 is 10.7 Å². The predicted octanol–water partition coefficient (Wildman–Crippen LogP) is 2.20. The van der Waals surface area contributed by atoms with Crippen LogP contribution in [0.2, 0.25) is 0 Å². The molecule has 2 atom stereocenters. The van der Waals surface area contributed by atoms with Crippen LogP contribution in [0, 0.1) is 5.92 Å². The third-order valence-electron chi connectivity index (χ3n) is 3.58. The molecule has 0 spiro atoms. The summed E-state index contributed by atoms with van der Waals surface area (Å²) >= 11 is 5.20. The molecule has 2 rings (SSSR count). The molecule has 0 unspecified atom stereocenters. The number of rotatable bonds is 3. The minimum absolute atomic E-state index is 0.312. The van der Waals surface area contributed by atoms with E-state index >= 15 is 0 Å². The fourth-order valence-corrected chi connectivity index (χ4v) is 2.67. The first-order valence-electron chi connectivity index (χ1n) is 6.95. The molecule has 0 bridgehead atoms. The van der Waals surface area contributed by atoms with Gasteiger partial charge in [-0.15, -0.1) is 0 Å². The maximum atomic E-state index is 5.53. The second-order valence-corrected chi connectivity index (χ2v) is 5.74. The van der Waals surface area contributed by atoms with Gasteiger partial charge in [-0.3, -0.25) is 5.43 Å². The van der Waals surface area contributed by atoms with Crippen LogP contribution in [0.4, 0.5) is 0 Å². The number of ether oxygens (including phenoxy) is 1. The van der Waals surface area contributed by atoms with Gasteiger partial charge < -0.3 is 10.1 Å². The third-order valence-corrected chi connectivity index (χ3v) is 3.81.